The van der Waals surface area contributed by atoms with Crippen molar-refractivity contribution in [1.82, 2.24) is 15.2 Å². The SMILES string of the molecule is COc1ccc(C2(CNc3ccc(-c4cc(C(N)=O)ccc4F)nn3)CCC2)nc1. The van der Waals surface area contributed by atoms with Crippen molar-refractivity contribution in [3.63, 3.8) is 0 Å². The smallest absolute Gasteiger partial charge is 0.248 e. The molecule has 2 heterocycles. The van der Waals surface area contributed by atoms with Crippen molar-refractivity contribution in [3.05, 3.63) is 65.7 Å². The fraction of sp³-hybridized carbons (Fsp3) is 0.273. The maximum atomic E-state index is 14.2. The molecule has 1 aromatic carbocycles. The minimum atomic E-state index is -0.625. The third kappa shape index (κ3) is 3.80. The first kappa shape index (κ1) is 19.8. The lowest BCUT2D eigenvalue weighted by molar-refractivity contribution is 0.100. The number of nitrogens with zero attached hydrogens (tertiary/aromatic N) is 3. The maximum absolute atomic E-state index is 14.2. The van der Waals surface area contributed by atoms with Crippen LogP contribution < -0.4 is 15.8 Å². The fourth-order valence-corrected chi connectivity index (χ4v) is 3.65. The van der Waals surface area contributed by atoms with Crippen molar-refractivity contribution in [2.45, 2.75) is 24.7 Å². The first-order chi connectivity index (χ1) is 14.5. The average Bonchev–Trinajstić information content (AvgIpc) is 2.74. The predicted octanol–water partition coefficient (Wildman–Crippen LogP) is 3.32. The van der Waals surface area contributed by atoms with E-state index in [2.05, 4.69) is 20.5 Å². The van der Waals surface area contributed by atoms with Gasteiger partial charge >= 0.3 is 0 Å². The number of methoxy groups -OCH3 is 1. The average molecular weight is 407 g/mol. The molecular formula is C22H22FN5O2. The van der Waals surface area contributed by atoms with Gasteiger partial charge in [0.2, 0.25) is 5.91 Å². The number of primary amides is 1. The van der Waals surface area contributed by atoms with Gasteiger partial charge in [0.25, 0.3) is 0 Å². The van der Waals surface area contributed by atoms with Gasteiger partial charge in [-0.2, -0.15) is 0 Å². The second-order valence-electron chi connectivity index (χ2n) is 7.43. The molecule has 0 aliphatic heterocycles. The van der Waals surface area contributed by atoms with E-state index < -0.39 is 11.7 Å². The highest BCUT2D eigenvalue weighted by atomic mass is 19.1. The zero-order valence-electron chi connectivity index (χ0n) is 16.6. The molecule has 1 fully saturated rings. The summed E-state index contributed by atoms with van der Waals surface area (Å²) in [4.78, 5) is 15.9. The number of pyridine rings is 1. The first-order valence-corrected chi connectivity index (χ1v) is 9.69. The number of ether oxygens (including phenoxy) is 1. The molecule has 8 heteroatoms. The fourth-order valence-electron chi connectivity index (χ4n) is 3.65. The lowest BCUT2D eigenvalue weighted by Gasteiger charge is -2.41. The molecule has 154 valence electrons. The number of halogens is 1. The van der Waals surface area contributed by atoms with Gasteiger partial charge in [-0.1, -0.05) is 6.42 Å². The lowest BCUT2D eigenvalue weighted by Crippen LogP contribution is -2.41. The molecule has 1 amide bonds. The van der Waals surface area contributed by atoms with Crippen LogP contribution in [-0.2, 0) is 5.41 Å². The van der Waals surface area contributed by atoms with Crippen LogP contribution in [0.1, 0.15) is 35.3 Å². The van der Waals surface area contributed by atoms with Crippen molar-refractivity contribution in [2.24, 2.45) is 5.73 Å². The van der Waals surface area contributed by atoms with Crippen molar-refractivity contribution in [2.75, 3.05) is 19.0 Å². The topological polar surface area (TPSA) is 103 Å². The number of nitrogens with one attached hydrogen (secondary N) is 1. The van der Waals surface area contributed by atoms with Crippen molar-refractivity contribution in [1.29, 1.82) is 0 Å². The number of rotatable bonds is 7. The Hall–Kier alpha value is -3.55. The summed E-state index contributed by atoms with van der Waals surface area (Å²) < 4.78 is 19.4. The third-order valence-electron chi connectivity index (χ3n) is 5.63. The van der Waals surface area contributed by atoms with Crippen LogP contribution in [0.3, 0.4) is 0 Å². The molecule has 4 rings (SSSR count). The minimum Gasteiger partial charge on any atom is -0.495 e. The van der Waals surface area contributed by atoms with Crippen LogP contribution in [0.5, 0.6) is 5.75 Å². The van der Waals surface area contributed by atoms with Crippen LogP contribution in [0.25, 0.3) is 11.3 Å². The monoisotopic (exact) mass is 407 g/mol. The van der Waals surface area contributed by atoms with Gasteiger partial charge < -0.3 is 15.8 Å². The van der Waals surface area contributed by atoms with Gasteiger partial charge in [-0.05, 0) is 55.3 Å². The Labute approximate surface area is 173 Å². The molecule has 3 aromatic rings. The number of hydrogen-bond donors (Lipinski definition) is 2. The molecule has 0 unspecified atom stereocenters. The second-order valence-corrected chi connectivity index (χ2v) is 7.43. The number of hydrogen-bond acceptors (Lipinski definition) is 6. The molecule has 0 spiro atoms. The number of anilines is 1. The molecule has 1 saturated carbocycles. The molecular weight excluding hydrogens is 385 g/mol. The van der Waals surface area contributed by atoms with Crippen LogP contribution in [0.15, 0.2) is 48.7 Å². The van der Waals surface area contributed by atoms with Crippen LogP contribution in [0.4, 0.5) is 10.2 Å². The van der Waals surface area contributed by atoms with Crippen molar-refractivity contribution < 1.29 is 13.9 Å². The van der Waals surface area contributed by atoms with Crippen LogP contribution >= 0.6 is 0 Å². The van der Waals surface area contributed by atoms with E-state index >= 15 is 0 Å². The molecule has 30 heavy (non-hydrogen) atoms. The van der Waals surface area contributed by atoms with E-state index in [1.807, 2.05) is 12.1 Å². The summed E-state index contributed by atoms with van der Waals surface area (Å²) in [6.45, 7) is 0.672. The lowest BCUT2D eigenvalue weighted by atomic mass is 9.66. The normalized spacial score (nSPS) is 14.6. The maximum Gasteiger partial charge on any atom is 0.248 e. The van der Waals surface area contributed by atoms with E-state index in [1.54, 1.807) is 25.4 Å². The summed E-state index contributed by atoms with van der Waals surface area (Å²) in [5, 5.41) is 11.6. The number of nitrogens with two attached hydrogens (primary N) is 1. The number of carbonyl (C=O) groups excluding carboxylic acids is 1. The Morgan fingerprint density at radius 1 is 1.20 bits per heavy atom. The summed E-state index contributed by atoms with van der Waals surface area (Å²) in [5.74, 6) is 0.203. The van der Waals surface area contributed by atoms with E-state index in [0.717, 1.165) is 30.7 Å². The Morgan fingerprint density at radius 3 is 2.60 bits per heavy atom. The van der Waals surface area contributed by atoms with Crippen LogP contribution in [-0.4, -0.2) is 34.7 Å². The molecule has 0 bridgehead atoms. The highest BCUT2D eigenvalue weighted by Gasteiger charge is 2.39. The highest BCUT2D eigenvalue weighted by molar-refractivity contribution is 5.94. The predicted molar refractivity (Wildman–Crippen MR) is 111 cm³/mol. The van der Waals surface area contributed by atoms with E-state index in [9.17, 15) is 9.18 Å². The summed E-state index contributed by atoms with van der Waals surface area (Å²) in [6, 6.07) is 11.3. The quantitative estimate of drug-likeness (QED) is 0.623. The number of amides is 1. The van der Waals surface area contributed by atoms with E-state index in [4.69, 9.17) is 10.5 Å². The summed E-state index contributed by atoms with van der Waals surface area (Å²) in [7, 11) is 1.62. The Kier molecular flexibility index (Phi) is 5.31. The molecule has 0 saturated heterocycles. The van der Waals surface area contributed by atoms with Gasteiger partial charge in [0.05, 0.1) is 19.0 Å². The first-order valence-electron chi connectivity index (χ1n) is 9.69. The van der Waals surface area contributed by atoms with E-state index in [0.29, 0.717) is 18.1 Å². The zero-order valence-corrected chi connectivity index (χ0v) is 16.6. The van der Waals surface area contributed by atoms with Gasteiger partial charge in [0, 0.05) is 28.8 Å². The van der Waals surface area contributed by atoms with Crippen LogP contribution in [0.2, 0.25) is 0 Å². The largest absolute Gasteiger partial charge is 0.495 e. The second kappa shape index (κ2) is 8.06. The highest BCUT2D eigenvalue weighted by Crippen LogP contribution is 2.43. The standard InChI is InChI=1S/C22H22FN5O2/c1-30-15-4-7-19(25-12-15)22(9-2-10-22)13-26-20-8-6-18(27-28-20)16-11-14(21(24)29)3-5-17(16)23/h3-8,11-12H,2,9-10,13H2,1H3,(H2,24,29)(H,26,28). The van der Waals surface area contributed by atoms with E-state index in [-0.39, 0.29) is 16.5 Å². The molecule has 1 aliphatic carbocycles. The zero-order chi connectivity index (χ0) is 21.1. The molecule has 7 nitrogen and oxygen atoms in total. The summed E-state index contributed by atoms with van der Waals surface area (Å²) in [5.41, 5.74) is 6.99. The number of aromatic nitrogens is 3. The molecule has 2 aromatic heterocycles. The Bertz CT molecular complexity index is 1050. The molecule has 1 aliphatic rings. The van der Waals surface area contributed by atoms with Crippen molar-refractivity contribution in [3.8, 4) is 17.0 Å². The number of benzene rings is 1. The Balaban J connectivity index is 1.48. The van der Waals surface area contributed by atoms with Gasteiger partial charge in [0.1, 0.15) is 17.4 Å². The van der Waals surface area contributed by atoms with Gasteiger partial charge in [-0.3, -0.25) is 9.78 Å². The van der Waals surface area contributed by atoms with Crippen molar-refractivity contribution >= 4 is 11.7 Å². The number of carbonyl (C=O) groups is 1. The minimum absolute atomic E-state index is 0.0471. The molecule has 3 N–H and O–H groups in total. The van der Waals surface area contributed by atoms with Gasteiger partial charge in [-0.25, -0.2) is 4.39 Å². The third-order valence-corrected chi connectivity index (χ3v) is 5.63. The van der Waals surface area contributed by atoms with Crippen LogP contribution in [0, 0.1) is 5.82 Å². The van der Waals surface area contributed by atoms with E-state index in [1.165, 1.54) is 18.2 Å². The van der Waals surface area contributed by atoms with Gasteiger partial charge in [0.15, 0.2) is 0 Å². The summed E-state index contributed by atoms with van der Waals surface area (Å²) in [6.07, 6.45) is 4.96. The molecule has 0 radical (unpaired) electrons. The van der Waals surface area contributed by atoms with Gasteiger partial charge in [-0.15, -0.1) is 10.2 Å². The molecule has 0 atom stereocenters. The Morgan fingerprint density at radius 2 is 2.03 bits per heavy atom. The summed E-state index contributed by atoms with van der Waals surface area (Å²) >= 11 is 0.